The molecule has 0 saturated carbocycles. The van der Waals surface area contributed by atoms with Gasteiger partial charge in [0.1, 0.15) is 6.04 Å². The smallest absolute Gasteiger partial charge is 0.249 e. The monoisotopic (exact) mass is 347 g/mol. The molecule has 2 aromatic rings. The van der Waals surface area contributed by atoms with Crippen LogP contribution in [-0.2, 0) is 9.59 Å². The molecule has 2 aliphatic heterocycles. The van der Waals surface area contributed by atoms with Crippen molar-refractivity contribution in [3.05, 3.63) is 23.8 Å². The first-order chi connectivity index (χ1) is 11.0. The van der Waals surface area contributed by atoms with Crippen LogP contribution in [0.5, 0.6) is 0 Å². The number of amides is 2. The molecule has 4 rings (SSSR count). The van der Waals surface area contributed by atoms with E-state index >= 15 is 0 Å². The molecule has 2 aliphatic rings. The molecule has 2 fully saturated rings. The number of thiazole rings is 1. The number of hydrogen-bond acceptors (Lipinski definition) is 5. The Morgan fingerprint density at radius 3 is 3.09 bits per heavy atom. The van der Waals surface area contributed by atoms with Crippen LogP contribution in [0, 0.1) is 6.92 Å². The van der Waals surface area contributed by atoms with Crippen molar-refractivity contribution in [3.63, 3.8) is 0 Å². The SMILES string of the molecule is Cc1cccc2sc(NC(=O)[C@@H]3CS[C@]4(C)CCC(=O)N34)nc12. The average Bonchev–Trinajstić information content (AvgIpc) is 3.14. The van der Waals surface area contributed by atoms with Gasteiger partial charge in [0, 0.05) is 12.2 Å². The summed E-state index contributed by atoms with van der Waals surface area (Å²) in [6.07, 6.45) is 1.36. The molecule has 1 aromatic heterocycles. The van der Waals surface area contributed by atoms with E-state index in [2.05, 4.69) is 17.2 Å². The molecular formula is C16H17N3O2S2. The van der Waals surface area contributed by atoms with Gasteiger partial charge in [0.2, 0.25) is 11.8 Å². The summed E-state index contributed by atoms with van der Waals surface area (Å²) in [6.45, 7) is 4.06. The zero-order valence-electron chi connectivity index (χ0n) is 13.0. The van der Waals surface area contributed by atoms with Crippen molar-refractivity contribution in [2.24, 2.45) is 0 Å². The summed E-state index contributed by atoms with van der Waals surface area (Å²) in [7, 11) is 0. The minimum atomic E-state index is -0.395. The highest BCUT2D eigenvalue weighted by atomic mass is 32.2. The normalized spacial score (nSPS) is 26.8. The highest BCUT2D eigenvalue weighted by molar-refractivity contribution is 8.01. The minimum Gasteiger partial charge on any atom is -0.315 e. The Balaban J connectivity index is 1.58. The molecule has 0 spiro atoms. The van der Waals surface area contributed by atoms with Crippen molar-refractivity contribution in [2.45, 2.75) is 37.6 Å². The van der Waals surface area contributed by atoms with Crippen LogP contribution in [0.25, 0.3) is 10.2 Å². The van der Waals surface area contributed by atoms with Gasteiger partial charge >= 0.3 is 0 Å². The lowest BCUT2D eigenvalue weighted by atomic mass is 10.2. The van der Waals surface area contributed by atoms with E-state index in [-0.39, 0.29) is 16.7 Å². The van der Waals surface area contributed by atoms with E-state index in [1.165, 1.54) is 11.3 Å². The Morgan fingerprint density at radius 1 is 1.48 bits per heavy atom. The van der Waals surface area contributed by atoms with Crippen LogP contribution in [0.2, 0.25) is 0 Å². The van der Waals surface area contributed by atoms with Crippen LogP contribution in [0.15, 0.2) is 18.2 Å². The topological polar surface area (TPSA) is 62.3 Å². The molecule has 2 atom stereocenters. The standard InChI is InChI=1S/C16H17N3O2S2/c1-9-4-3-5-11-13(9)17-15(23-11)18-14(21)10-8-22-16(2)7-6-12(20)19(10)16/h3-5,10H,6-8H2,1-2H3,(H,17,18,21)/t10-,16+/m0/s1. The van der Waals surface area contributed by atoms with E-state index in [4.69, 9.17) is 0 Å². The first-order valence-corrected chi connectivity index (χ1v) is 9.41. The summed E-state index contributed by atoms with van der Waals surface area (Å²) in [6, 6.07) is 5.61. The van der Waals surface area contributed by atoms with Gasteiger partial charge in [0.15, 0.2) is 5.13 Å². The average molecular weight is 347 g/mol. The lowest BCUT2D eigenvalue weighted by molar-refractivity contribution is -0.135. The van der Waals surface area contributed by atoms with E-state index in [1.807, 2.05) is 25.1 Å². The molecule has 1 aromatic carbocycles. The van der Waals surface area contributed by atoms with Crippen LogP contribution >= 0.6 is 23.1 Å². The zero-order valence-corrected chi connectivity index (χ0v) is 14.6. The number of para-hydroxylation sites is 1. The summed E-state index contributed by atoms with van der Waals surface area (Å²) in [5.41, 5.74) is 2.02. The molecule has 0 bridgehead atoms. The number of nitrogens with one attached hydrogen (secondary N) is 1. The predicted octanol–water partition coefficient (Wildman–Crippen LogP) is 3.00. The van der Waals surface area contributed by atoms with Crippen molar-refractivity contribution < 1.29 is 9.59 Å². The Hall–Kier alpha value is -1.60. The van der Waals surface area contributed by atoms with Gasteiger partial charge < -0.3 is 10.2 Å². The first kappa shape index (κ1) is 15.0. The van der Waals surface area contributed by atoms with E-state index in [1.54, 1.807) is 16.7 Å². The molecule has 120 valence electrons. The molecule has 2 saturated heterocycles. The van der Waals surface area contributed by atoms with Crippen LogP contribution in [0.3, 0.4) is 0 Å². The molecule has 2 amide bonds. The summed E-state index contributed by atoms with van der Waals surface area (Å²) in [5.74, 6) is 0.601. The Kier molecular flexibility index (Phi) is 3.39. The molecule has 3 heterocycles. The van der Waals surface area contributed by atoms with Crippen LogP contribution in [0.1, 0.15) is 25.3 Å². The van der Waals surface area contributed by atoms with E-state index in [9.17, 15) is 9.59 Å². The molecule has 23 heavy (non-hydrogen) atoms. The van der Waals surface area contributed by atoms with Crippen molar-refractivity contribution >= 4 is 50.3 Å². The number of benzene rings is 1. The van der Waals surface area contributed by atoms with Gasteiger partial charge in [-0.05, 0) is 31.9 Å². The van der Waals surface area contributed by atoms with Gasteiger partial charge in [0.25, 0.3) is 0 Å². The zero-order chi connectivity index (χ0) is 16.2. The third-order valence-electron chi connectivity index (χ3n) is 4.60. The van der Waals surface area contributed by atoms with Gasteiger partial charge in [-0.2, -0.15) is 0 Å². The number of aromatic nitrogens is 1. The fourth-order valence-electron chi connectivity index (χ4n) is 3.34. The minimum absolute atomic E-state index is 0.0813. The molecule has 0 unspecified atom stereocenters. The number of hydrogen-bond donors (Lipinski definition) is 1. The van der Waals surface area contributed by atoms with Crippen molar-refractivity contribution in [1.29, 1.82) is 0 Å². The Morgan fingerprint density at radius 2 is 2.30 bits per heavy atom. The van der Waals surface area contributed by atoms with E-state index < -0.39 is 6.04 Å². The summed E-state index contributed by atoms with van der Waals surface area (Å²) < 4.78 is 1.06. The first-order valence-electron chi connectivity index (χ1n) is 7.61. The van der Waals surface area contributed by atoms with Gasteiger partial charge in [0.05, 0.1) is 15.1 Å². The lowest BCUT2D eigenvalue weighted by Crippen LogP contribution is -2.48. The summed E-state index contributed by atoms with van der Waals surface area (Å²) >= 11 is 3.17. The maximum atomic E-state index is 12.7. The maximum Gasteiger partial charge on any atom is 0.249 e. The maximum absolute atomic E-state index is 12.7. The number of carbonyl (C=O) groups is 2. The van der Waals surface area contributed by atoms with E-state index in [0.29, 0.717) is 17.3 Å². The Labute approximate surface area is 142 Å². The van der Waals surface area contributed by atoms with Crippen LogP contribution in [0.4, 0.5) is 5.13 Å². The largest absolute Gasteiger partial charge is 0.315 e. The van der Waals surface area contributed by atoms with E-state index in [0.717, 1.165) is 22.2 Å². The highest BCUT2D eigenvalue weighted by Gasteiger charge is 2.52. The fourth-order valence-corrected chi connectivity index (χ4v) is 5.72. The fraction of sp³-hybridized carbons (Fsp3) is 0.438. The molecule has 1 N–H and O–H groups in total. The molecule has 5 nitrogen and oxygen atoms in total. The summed E-state index contributed by atoms with van der Waals surface area (Å²) in [4.78, 5) is 30.9. The quantitative estimate of drug-likeness (QED) is 0.907. The predicted molar refractivity (Wildman–Crippen MR) is 93.7 cm³/mol. The van der Waals surface area contributed by atoms with Crippen molar-refractivity contribution in [3.8, 4) is 0 Å². The van der Waals surface area contributed by atoms with Crippen LogP contribution < -0.4 is 5.32 Å². The number of rotatable bonds is 2. The molecule has 7 heteroatoms. The third-order valence-corrected chi connectivity index (χ3v) is 7.04. The second-order valence-corrected chi connectivity index (χ2v) is 8.73. The number of anilines is 1. The van der Waals surface area contributed by atoms with Gasteiger partial charge in [-0.3, -0.25) is 9.59 Å². The lowest BCUT2D eigenvalue weighted by Gasteiger charge is -2.29. The van der Waals surface area contributed by atoms with Gasteiger partial charge in [-0.15, -0.1) is 11.8 Å². The van der Waals surface area contributed by atoms with Crippen LogP contribution in [-0.4, -0.2) is 38.4 Å². The number of nitrogens with zero attached hydrogens (tertiary/aromatic N) is 2. The summed E-state index contributed by atoms with van der Waals surface area (Å²) in [5, 5.41) is 3.51. The highest BCUT2D eigenvalue weighted by Crippen LogP contribution is 2.47. The van der Waals surface area contributed by atoms with Gasteiger partial charge in [-0.1, -0.05) is 23.5 Å². The number of fused-ring (bicyclic) bond motifs is 2. The molecule has 0 radical (unpaired) electrons. The molecular weight excluding hydrogens is 330 g/mol. The third kappa shape index (κ3) is 2.33. The number of aryl methyl sites for hydroxylation is 1. The molecule has 0 aliphatic carbocycles. The Bertz CT molecular complexity index is 819. The number of carbonyl (C=O) groups excluding carboxylic acids is 2. The van der Waals surface area contributed by atoms with Gasteiger partial charge in [-0.25, -0.2) is 4.98 Å². The number of thioether (sulfide) groups is 1. The second kappa shape index (κ2) is 5.21. The second-order valence-electron chi connectivity index (χ2n) is 6.20. The van der Waals surface area contributed by atoms with Crippen molar-refractivity contribution in [2.75, 3.05) is 11.1 Å². The van der Waals surface area contributed by atoms with Crippen molar-refractivity contribution in [1.82, 2.24) is 9.88 Å².